The molecule has 1 aromatic rings. The molecule has 2 heterocycles. The molecule has 1 unspecified atom stereocenters. The first-order valence-corrected chi connectivity index (χ1v) is 5.97. The Hall–Kier alpha value is -1.98. The van der Waals surface area contributed by atoms with Crippen LogP contribution in [0, 0.1) is 5.92 Å². The number of carboxylic acid groups (broad SMARTS) is 1. The lowest BCUT2D eigenvalue weighted by atomic mass is 10.1. The van der Waals surface area contributed by atoms with Gasteiger partial charge >= 0.3 is 5.97 Å². The molecule has 6 nitrogen and oxygen atoms in total. The first-order chi connectivity index (χ1) is 8.50. The van der Waals surface area contributed by atoms with Gasteiger partial charge in [-0.2, -0.15) is 0 Å². The molecule has 0 radical (unpaired) electrons. The number of nitrogens with one attached hydrogen (secondary N) is 1. The van der Waals surface area contributed by atoms with E-state index in [4.69, 9.17) is 0 Å². The second-order valence-electron chi connectivity index (χ2n) is 5.04. The first kappa shape index (κ1) is 11.1. The van der Waals surface area contributed by atoms with Crippen LogP contribution in [0.5, 0.6) is 0 Å². The fraction of sp³-hybridized carbons (Fsp3) is 0.500. The van der Waals surface area contributed by atoms with Crippen molar-refractivity contribution in [2.24, 2.45) is 13.0 Å². The van der Waals surface area contributed by atoms with Crippen molar-refractivity contribution < 1.29 is 14.7 Å². The van der Waals surface area contributed by atoms with Gasteiger partial charge in [-0.25, -0.2) is 4.79 Å². The van der Waals surface area contributed by atoms with Crippen LogP contribution in [0.15, 0.2) is 6.20 Å². The smallest absolute Gasteiger partial charge is 0.354 e. The number of carboxylic acids is 1. The SMILES string of the molecule is CN1c2c(cn(C)c2C(=O)O)NC(=O)C1C1CC1. The van der Waals surface area contributed by atoms with Crippen molar-refractivity contribution in [2.45, 2.75) is 18.9 Å². The van der Waals surface area contributed by atoms with Crippen LogP contribution in [0.1, 0.15) is 23.3 Å². The number of hydrogen-bond donors (Lipinski definition) is 2. The molecule has 0 saturated heterocycles. The van der Waals surface area contributed by atoms with E-state index in [0.29, 0.717) is 17.3 Å². The van der Waals surface area contributed by atoms with E-state index in [1.165, 1.54) is 0 Å². The van der Waals surface area contributed by atoms with E-state index in [2.05, 4.69) is 5.32 Å². The summed E-state index contributed by atoms with van der Waals surface area (Å²) in [5, 5.41) is 12.1. The van der Waals surface area contributed by atoms with Crippen molar-refractivity contribution in [3.8, 4) is 0 Å². The second kappa shape index (κ2) is 3.51. The normalized spacial score (nSPS) is 22.7. The van der Waals surface area contributed by atoms with E-state index in [1.807, 2.05) is 4.90 Å². The van der Waals surface area contributed by atoms with E-state index >= 15 is 0 Å². The molecule has 2 N–H and O–H groups in total. The second-order valence-corrected chi connectivity index (χ2v) is 5.04. The predicted molar refractivity (Wildman–Crippen MR) is 65.9 cm³/mol. The van der Waals surface area contributed by atoms with Crippen molar-refractivity contribution in [1.29, 1.82) is 0 Å². The number of amides is 1. The Morgan fingerprint density at radius 2 is 2.11 bits per heavy atom. The molecule has 1 aliphatic carbocycles. The van der Waals surface area contributed by atoms with Crippen LogP contribution in [0.3, 0.4) is 0 Å². The molecule has 96 valence electrons. The summed E-state index contributed by atoms with van der Waals surface area (Å²) < 4.78 is 1.54. The quantitative estimate of drug-likeness (QED) is 0.816. The van der Waals surface area contributed by atoms with Gasteiger partial charge in [-0.3, -0.25) is 4.79 Å². The summed E-state index contributed by atoms with van der Waals surface area (Å²) in [5.74, 6) is -0.656. The summed E-state index contributed by atoms with van der Waals surface area (Å²) in [4.78, 5) is 25.2. The van der Waals surface area contributed by atoms with Crippen LogP contribution >= 0.6 is 0 Å². The van der Waals surface area contributed by atoms with Crippen LogP contribution < -0.4 is 10.2 Å². The van der Waals surface area contributed by atoms with Gasteiger partial charge in [0, 0.05) is 20.3 Å². The molecule has 1 aromatic heterocycles. The maximum absolute atomic E-state index is 12.0. The van der Waals surface area contributed by atoms with E-state index in [0.717, 1.165) is 12.8 Å². The number of aromatic nitrogens is 1. The number of nitrogens with zero attached hydrogens (tertiary/aromatic N) is 2. The Morgan fingerprint density at radius 3 is 2.67 bits per heavy atom. The number of carbonyl (C=O) groups is 2. The summed E-state index contributed by atoms with van der Waals surface area (Å²) >= 11 is 0. The Kier molecular flexibility index (Phi) is 2.17. The molecule has 2 aliphatic rings. The Bertz CT molecular complexity index is 545. The van der Waals surface area contributed by atoms with Gasteiger partial charge in [0.2, 0.25) is 5.91 Å². The lowest BCUT2D eigenvalue weighted by Crippen LogP contribution is -2.47. The number of aryl methyl sites for hydroxylation is 1. The zero-order valence-corrected chi connectivity index (χ0v) is 10.3. The van der Waals surface area contributed by atoms with Crippen LogP contribution in [0.4, 0.5) is 11.4 Å². The lowest BCUT2D eigenvalue weighted by molar-refractivity contribution is -0.118. The van der Waals surface area contributed by atoms with Crippen LogP contribution in [-0.2, 0) is 11.8 Å². The molecule has 6 heteroatoms. The first-order valence-electron chi connectivity index (χ1n) is 5.97. The number of fused-ring (bicyclic) bond motifs is 1. The number of rotatable bonds is 2. The average molecular weight is 249 g/mol. The molecule has 0 aromatic carbocycles. The summed E-state index contributed by atoms with van der Waals surface area (Å²) in [6.07, 6.45) is 3.72. The molecule has 1 atom stereocenters. The van der Waals surface area contributed by atoms with Gasteiger partial charge in [0.15, 0.2) is 5.69 Å². The maximum Gasteiger partial charge on any atom is 0.354 e. The molecule has 0 spiro atoms. The highest BCUT2D eigenvalue weighted by Crippen LogP contribution is 2.43. The van der Waals surface area contributed by atoms with E-state index in [-0.39, 0.29) is 17.6 Å². The minimum Gasteiger partial charge on any atom is -0.477 e. The minimum atomic E-state index is -0.976. The third kappa shape index (κ3) is 1.41. The highest BCUT2D eigenvalue weighted by atomic mass is 16.4. The predicted octanol–water partition coefficient (Wildman–Crippen LogP) is 0.890. The summed E-state index contributed by atoms with van der Waals surface area (Å²) in [5.41, 5.74) is 1.42. The number of hydrogen-bond acceptors (Lipinski definition) is 3. The number of aromatic carboxylic acids is 1. The monoisotopic (exact) mass is 249 g/mol. The van der Waals surface area contributed by atoms with E-state index in [9.17, 15) is 14.7 Å². The highest BCUT2D eigenvalue weighted by Gasteiger charge is 2.44. The standard InChI is InChI=1S/C12H15N3O3/c1-14-5-7-9(10(14)12(17)18)15(2)8(6-3-4-6)11(16)13-7/h5-6,8H,3-4H2,1-2H3,(H,13,16)(H,17,18). The molecule has 18 heavy (non-hydrogen) atoms. The third-order valence-corrected chi connectivity index (χ3v) is 3.72. The van der Waals surface area contributed by atoms with Gasteiger partial charge in [0.25, 0.3) is 0 Å². The Labute approximate surface area is 104 Å². The van der Waals surface area contributed by atoms with Crippen LogP contribution in [0.2, 0.25) is 0 Å². The number of likely N-dealkylation sites (N-methyl/N-ethyl adjacent to an activating group) is 1. The molecule has 1 amide bonds. The average Bonchev–Trinajstić information content (AvgIpc) is 3.01. The van der Waals surface area contributed by atoms with E-state index in [1.54, 1.807) is 24.9 Å². The zero-order valence-electron chi connectivity index (χ0n) is 10.3. The fourth-order valence-corrected chi connectivity index (χ4v) is 2.78. The molecule has 1 fully saturated rings. The lowest BCUT2D eigenvalue weighted by Gasteiger charge is -2.34. The molecular weight excluding hydrogens is 234 g/mol. The number of anilines is 2. The van der Waals surface area contributed by atoms with Gasteiger partial charge in [-0.15, -0.1) is 0 Å². The van der Waals surface area contributed by atoms with Gasteiger partial charge in [0.1, 0.15) is 6.04 Å². The summed E-state index contributed by atoms with van der Waals surface area (Å²) in [6.45, 7) is 0. The van der Waals surface area contributed by atoms with Gasteiger partial charge in [0.05, 0.1) is 11.4 Å². The van der Waals surface area contributed by atoms with Gasteiger partial charge in [-0.1, -0.05) is 0 Å². The molecule has 1 saturated carbocycles. The van der Waals surface area contributed by atoms with Crippen molar-refractivity contribution in [3.63, 3.8) is 0 Å². The van der Waals surface area contributed by atoms with Crippen molar-refractivity contribution >= 4 is 23.3 Å². The van der Waals surface area contributed by atoms with Crippen molar-refractivity contribution in [3.05, 3.63) is 11.9 Å². The Morgan fingerprint density at radius 1 is 1.44 bits per heavy atom. The van der Waals surface area contributed by atoms with E-state index < -0.39 is 5.97 Å². The zero-order chi connectivity index (χ0) is 13.0. The fourth-order valence-electron chi connectivity index (χ4n) is 2.78. The van der Waals surface area contributed by atoms with Gasteiger partial charge < -0.3 is 19.9 Å². The molecule has 3 rings (SSSR count). The Balaban J connectivity index is 2.11. The number of carbonyl (C=O) groups excluding carboxylic acids is 1. The van der Waals surface area contributed by atoms with Crippen molar-refractivity contribution in [1.82, 2.24) is 4.57 Å². The molecular formula is C12H15N3O3. The van der Waals surface area contributed by atoms with Gasteiger partial charge in [-0.05, 0) is 18.8 Å². The van der Waals surface area contributed by atoms with Crippen LogP contribution in [0.25, 0.3) is 0 Å². The maximum atomic E-state index is 12.0. The topological polar surface area (TPSA) is 74.6 Å². The highest BCUT2D eigenvalue weighted by molar-refractivity contribution is 6.08. The summed E-state index contributed by atoms with van der Waals surface area (Å²) in [6, 6.07) is -0.238. The largest absolute Gasteiger partial charge is 0.477 e. The van der Waals surface area contributed by atoms with Crippen molar-refractivity contribution in [2.75, 3.05) is 17.3 Å². The third-order valence-electron chi connectivity index (χ3n) is 3.72. The van der Waals surface area contributed by atoms with Crippen LogP contribution in [-0.4, -0.2) is 34.6 Å². The minimum absolute atomic E-state index is 0.0324. The molecule has 1 aliphatic heterocycles. The summed E-state index contributed by atoms with van der Waals surface area (Å²) in [7, 11) is 3.47. The molecule has 0 bridgehead atoms.